The lowest BCUT2D eigenvalue weighted by atomic mass is 9.98. The van der Waals surface area contributed by atoms with Crippen LogP contribution in [-0.4, -0.2) is 24.2 Å². The maximum Gasteiger partial charge on any atom is 0.128 e. The molecule has 0 saturated carbocycles. The van der Waals surface area contributed by atoms with Crippen molar-refractivity contribution in [2.45, 2.75) is 26.3 Å². The number of para-hydroxylation sites is 1. The zero-order valence-electron chi connectivity index (χ0n) is 14.1. The maximum atomic E-state index is 14.3. The van der Waals surface area contributed by atoms with Gasteiger partial charge in [0.2, 0.25) is 0 Å². The van der Waals surface area contributed by atoms with E-state index in [-0.39, 0.29) is 5.82 Å². The van der Waals surface area contributed by atoms with Crippen molar-refractivity contribution >= 4 is 11.9 Å². The number of nitrogens with zero attached hydrogens (tertiary/aromatic N) is 2. The molecule has 0 unspecified atom stereocenters. The molecule has 0 aliphatic carbocycles. The summed E-state index contributed by atoms with van der Waals surface area (Å²) in [5.41, 5.74) is 5.36. The molecule has 126 valence electrons. The Hall–Kier alpha value is -2.20. The van der Waals surface area contributed by atoms with Gasteiger partial charge in [-0.2, -0.15) is 5.10 Å². The third kappa shape index (κ3) is 4.65. The molecule has 1 fully saturated rings. The van der Waals surface area contributed by atoms with Crippen LogP contribution in [0.15, 0.2) is 53.6 Å². The number of hydrogen-bond acceptors (Lipinski definition) is 3. The summed E-state index contributed by atoms with van der Waals surface area (Å²) in [4.78, 5) is 2.34. The highest BCUT2D eigenvalue weighted by atomic mass is 19.1. The van der Waals surface area contributed by atoms with Crippen molar-refractivity contribution < 1.29 is 4.39 Å². The van der Waals surface area contributed by atoms with Gasteiger partial charge in [0.15, 0.2) is 0 Å². The topological polar surface area (TPSA) is 27.6 Å². The lowest BCUT2D eigenvalue weighted by Crippen LogP contribution is -2.32. The van der Waals surface area contributed by atoms with Gasteiger partial charge >= 0.3 is 0 Å². The maximum absolute atomic E-state index is 14.3. The summed E-state index contributed by atoms with van der Waals surface area (Å²) in [5.74, 6) is 0.638. The molecule has 0 bridgehead atoms. The van der Waals surface area contributed by atoms with E-state index in [4.69, 9.17) is 0 Å². The Morgan fingerprint density at radius 3 is 2.62 bits per heavy atom. The molecule has 4 heteroatoms. The third-order valence-electron chi connectivity index (χ3n) is 4.53. The van der Waals surface area contributed by atoms with Crippen molar-refractivity contribution in [1.29, 1.82) is 0 Å². The molecule has 0 spiro atoms. The minimum absolute atomic E-state index is 0.155. The molecule has 3 rings (SSSR count). The molecule has 1 heterocycles. The molecule has 1 aliphatic heterocycles. The summed E-state index contributed by atoms with van der Waals surface area (Å²) in [5, 5.41) is 4.15. The quantitative estimate of drug-likeness (QED) is 0.647. The van der Waals surface area contributed by atoms with Crippen molar-refractivity contribution in [2.24, 2.45) is 11.0 Å². The van der Waals surface area contributed by atoms with Crippen LogP contribution in [0.3, 0.4) is 0 Å². The number of hydrazone groups is 1. The van der Waals surface area contributed by atoms with Crippen LogP contribution in [0.1, 0.15) is 30.9 Å². The van der Waals surface area contributed by atoms with E-state index in [0.29, 0.717) is 6.54 Å². The van der Waals surface area contributed by atoms with Crippen LogP contribution >= 0.6 is 0 Å². The lowest BCUT2D eigenvalue weighted by Gasteiger charge is -2.30. The van der Waals surface area contributed by atoms with Gasteiger partial charge in [0.05, 0.1) is 11.9 Å². The standard InChI is InChI=1S/C20H24FN3/c1-16-9-11-24(12-10-16)15-18-8-7-17(13-20(18)21)14-22-23-19-5-3-2-4-6-19/h2-8,13-14,16,23H,9-12,15H2,1H3. The summed E-state index contributed by atoms with van der Waals surface area (Å²) >= 11 is 0. The van der Waals surface area contributed by atoms with E-state index in [9.17, 15) is 4.39 Å². The van der Waals surface area contributed by atoms with Crippen LogP contribution in [0, 0.1) is 11.7 Å². The normalized spacial score (nSPS) is 16.6. The van der Waals surface area contributed by atoms with Crippen LogP contribution < -0.4 is 5.43 Å². The van der Waals surface area contributed by atoms with E-state index in [1.165, 1.54) is 12.8 Å². The SMILES string of the molecule is CC1CCN(Cc2ccc(C=NNc3ccccc3)cc2F)CC1. The summed E-state index contributed by atoms with van der Waals surface area (Å²) in [6, 6.07) is 15.0. The molecule has 0 amide bonds. The molecular formula is C20H24FN3. The van der Waals surface area contributed by atoms with Gasteiger partial charge in [0, 0.05) is 12.1 Å². The molecule has 0 atom stereocenters. The van der Waals surface area contributed by atoms with Crippen molar-refractivity contribution in [3.8, 4) is 0 Å². The highest BCUT2D eigenvalue weighted by molar-refractivity contribution is 5.80. The second-order valence-electron chi connectivity index (χ2n) is 6.55. The van der Waals surface area contributed by atoms with Crippen LogP contribution in [0.25, 0.3) is 0 Å². The number of nitrogens with one attached hydrogen (secondary N) is 1. The molecule has 0 aromatic heterocycles. The Balaban J connectivity index is 1.58. The fourth-order valence-electron chi connectivity index (χ4n) is 2.93. The number of hydrogen-bond donors (Lipinski definition) is 1. The molecule has 1 saturated heterocycles. The van der Waals surface area contributed by atoms with Crippen molar-refractivity contribution in [1.82, 2.24) is 4.90 Å². The van der Waals surface area contributed by atoms with Gasteiger partial charge in [-0.05, 0) is 55.6 Å². The van der Waals surface area contributed by atoms with E-state index in [1.54, 1.807) is 12.3 Å². The lowest BCUT2D eigenvalue weighted by molar-refractivity contribution is 0.183. The van der Waals surface area contributed by atoms with Gasteiger partial charge in [0.25, 0.3) is 0 Å². The minimum atomic E-state index is -0.155. The molecular weight excluding hydrogens is 301 g/mol. The number of rotatable bonds is 5. The first-order chi connectivity index (χ1) is 11.7. The van der Waals surface area contributed by atoms with Gasteiger partial charge in [0.1, 0.15) is 5.82 Å². The van der Waals surface area contributed by atoms with Crippen LogP contribution in [-0.2, 0) is 6.54 Å². The van der Waals surface area contributed by atoms with Crippen molar-refractivity contribution in [3.05, 3.63) is 65.5 Å². The fourth-order valence-corrected chi connectivity index (χ4v) is 2.93. The average molecular weight is 325 g/mol. The zero-order valence-corrected chi connectivity index (χ0v) is 14.1. The van der Waals surface area contributed by atoms with E-state index >= 15 is 0 Å². The Bertz CT molecular complexity index is 677. The molecule has 3 nitrogen and oxygen atoms in total. The molecule has 1 N–H and O–H groups in total. The third-order valence-corrected chi connectivity index (χ3v) is 4.53. The fraction of sp³-hybridized carbons (Fsp3) is 0.350. The number of anilines is 1. The van der Waals surface area contributed by atoms with Gasteiger partial charge in [-0.15, -0.1) is 0 Å². The van der Waals surface area contributed by atoms with Gasteiger partial charge < -0.3 is 0 Å². The number of piperidine rings is 1. The first-order valence-electron chi connectivity index (χ1n) is 8.55. The molecule has 2 aromatic rings. The Morgan fingerprint density at radius 1 is 1.17 bits per heavy atom. The summed E-state index contributed by atoms with van der Waals surface area (Å²) in [6.07, 6.45) is 4.05. The monoisotopic (exact) mass is 325 g/mol. The Labute approximate surface area is 143 Å². The summed E-state index contributed by atoms with van der Waals surface area (Å²) < 4.78 is 14.3. The van der Waals surface area contributed by atoms with E-state index < -0.39 is 0 Å². The summed E-state index contributed by atoms with van der Waals surface area (Å²) in [7, 11) is 0. The Kier molecular flexibility index (Phi) is 5.59. The first-order valence-corrected chi connectivity index (χ1v) is 8.55. The number of benzene rings is 2. The van der Waals surface area contributed by atoms with Gasteiger partial charge in [-0.3, -0.25) is 10.3 Å². The molecule has 2 aromatic carbocycles. The van der Waals surface area contributed by atoms with Crippen LogP contribution in [0.2, 0.25) is 0 Å². The zero-order chi connectivity index (χ0) is 16.8. The second kappa shape index (κ2) is 8.06. The second-order valence-corrected chi connectivity index (χ2v) is 6.55. The van der Waals surface area contributed by atoms with Crippen LogP contribution in [0.4, 0.5) is 10.1 Å². The smallest absolute Gasteiger partial charge is 0.128 e. The van der Waals surface area contributed by atoms with E-state index in [0.717, 1.165) is 35.8 Å². The van der Waals surface area contributed by atoms with Crippen molar-refractivity contribution in [2.75, 3.05) is 18.5 Å². The van der Waals surface area contributed by atoms with Gasteiger partial charge in [-0.1, -0.05) is 37.3 Å². The number of halogens is 1. The highest BCUT2D eigenvalue weighted by Crippen LogP contribution is 2.19. The van der Waals surface area contributed by atoms with E-state index in [2.05, 4.69) is 22.4 Å². The minimum Gasteiger partial charge on any atom is -0.299 e. The molecule has 1 aliphatic rings. The van der Waals surface area contributed by atoms with Gasteiger partial charge in [-0.25, -0.2) is 4.39 Å². The van der Waals surface area contributed by atoms with Crippen molar-refractivity contribution in [3.63, 3.8) is 0 Å². The highest BCUT2D eigenvalue weighted by Gasteiger charge is 2.16. The predicted molar refractivity (Wildman–Crippen MR) is 97.7 cm³/mol. The predicted octanol–water partition coefficient (Wildman–Crippen LogP) is 4.50. The van der Waals surface area contributed by atoms with Crippen LogP contribution in [0.5, 0.6) is 0 Å². The molecule has 24 heavy (non-hydrogen) atoms. The van der Waals surface area contributed by atoms with E-state index in [1.807, 2.05) is 42.5 Å². The first kappa shape index (κ1) is 16.7. The Morgan fingerprint density at radius 2 is 1.92 bits per heavy atom. The number of likely N-dealkylation sites (tertiary alicyclic amines) is 1. The summed E-state index contributed by atoms with van der Waals surface area (Å²) in [6.45, 7) is 5.10. The molecule has 0 radical (unpaired) electrons. The largest absolute Gasteiger partial charge is 0.299 e. The average Bonchev–Trinajstić information content (AvgIpc) is 2.60.